The van der Waals surface area contributed by atoms with Crippen molar-refractivity contribution in [1.29, 1.82) is 0 Å². The van der Waals surface area contributed by atoms with Gasteiger partial charge in [-0.3, -0.25) is 4.79 Å². The standard InChI is InChI=1S/C14H16N2O2/c1-3-10(2)16-14(17)13-12(15-9-18-13)11-7-5-4-6-8-11/h4-10H,3H2,1-2H3,(H,16,17). The van der Waals surface area contributed by atoms with Crippen molar-refractivity contribution in [2.24, 2.45) is 0 Å². The van der Waals surface area contributed by atoms with Crippen molar-refractivity contribution in [1.82, 2.24) is 10.3 Å². The molecule has 1 N–H and O–H groups in total. The van der Waals surface area contributed by atoms with Crippen LogP contribution in [0.15, 0.2) is 41.1 Å². The Kier molecular flexibility index (Phi) is 3.77. The minimum absolute atomic E-state index is 0.117. The summed E-state index contributed by atoms with van der Waals surface area (Å²) in [7, 11) is 0. The number of benzene rings is 1. The summed E-state index contributed by atoms with van der Waals surface area (Å²) < 4.78 is 5.20. The number of aromatic nitrogens is 1. The molecule has 0 aliphatic heterocycles. The van der Waals surface area contributed by atoms with Crippen LogP contribution in [0.4, 0.5) is 0 Å². The van der Waals surface area contributed by atoms with E-state index in [0.717, 1.165) is 12.0 Å². The first-order valence-corrected chi connectivity index (χ1v) is 6.02. The Balaban J connectivity index is 2.26. The molecule has 0 aliphatic rings. The van der Waals surface area contributed by atoms with E-state index in [9.17, 15) is 4.79 Å². The molecule has 1 atom stereocenters. The smallest absolute Gasteiger partial charge is 0.289 e. The van der Waals surface area contributed by atoms with Crippen LogP contribution in [0.3, 0.4) is 0 Å². The van der Waals surface area contributed by atoms with E-state index in [2.05, 4.69) is 10.3 Å². The number of hydrogen-bond donors (Lipinski definition) is 1. The van der Waals surface area contributed by atoms with Crippen LogP contribution in [-0.2, 0) is 0 Å². The van der Waals surface area contributed by atoms with Gasteiger partial charge in [-0.15, -0.1) is 0 Å². The van der Waals surface area contributed by atoms with Crippen molar-refractivity contribution in [3.05, 3.63) is 42.5 Å². The third-order valence-corrected chi connectivity index (χ3v) is 2.81. The third kappa shape index (κ3) is 2.59. The van der Waals surface area contributed by atoms with Gasteiger partial charge < -0.3 is 9.73 Å². The lowest BCUT2D eigenvalue weighted by Gasteiger charge is -2.10. The van der Waals surface area contributed by atoms with Crippen LogP contribution in [0.25, 0.3) is 11.3 Å². The Labute approximate surface area is 106 Å². The molecule has 0 saturated carbocycles. The molecule has 0 fully saturated rings. The van der Waals surface area contributed by atoms with Crippen molar-refractivity contribution < 1.29 is 9.21 Å². The highest BCUT2D eigenvalue weighted by Crippen LogP contribution is 2.21. The fourth-order valence-corrected chi connectivity index (χ4v) is 1.60. The summed E-state index contributed by atoms with van der Waals surface area (Å²) in [5, 5.41) is 2.87. The van der Waals surface area contributed by atoms with E-state index in [1.807, 2.05) is 44.2 Å². The maximum atomic E-state index is 12.0. The fraction of sp³-hybridized carbons (Fsp3) is 0.286. The molecular weight excluding hydrogens is 228 g/mol. The third-order valence-electron chi connectivity index (χ3n) is 2.81. The summed E-state index contributed by atoms with van der Waals surface area (Å²) in [6.07, 6.45) is 2.18. The van der Waals surface area contributed by atoms with E-state index < -0.39 is 0 Å². The van der Waals surface area contributed by atoms with Gasteiger partial charge in [-0.25, -0.2) is 4.98 Å². The molecule has 0 spiro atoms. The average molecular weight is 244 g/mol. The predicted molar refractivity (Wildman–Crippen MR) is 69.2 cm³/mol. The molecule has 1 amide bonds. The maximum absolute atomic E-state index is 12.0. The molecule has 0 saturated heterocycles. The topological polar surface area (TPSA) is 55.1 Å². The highest BCUT2D eigenvalue weighted by Gasteiger charge is 2.19. The molecule has 0 aliphatic carbocycles. The van der Waals surface area contributed by atoms with Crippen molar-refractivity contribution in [3.63, 3.8) is 0 Å². The van der Waals surface area contributed by atoms with Crippen molar-refractivity contribution >= 4 is 5.91 Å². The van der Waals surface area contributed by atoms with Gasteiger partial charge in [0.25, 0.3) is 5.91 Å². The Bertz CT molecular complexity index is 520. The number of carbonyl (C=O) groups is 1. The molecule has 4 nitrogen and oxygen atoms in total. The molecule has 1 aromatic carbocycles. The number of amides is 1. The van der Waals surface area contributed by atoms with E-state index >= 15 is 0 Å². The highest BCUT2D eigenvalue weighted by atomic mass is 16.3. The van der Waals surface area contributed by atoms with Crippen LogP contribution in [0.5, 0.6) is 0 Å². The van der Waals surface area contributed by atoms with Crippen LogP contribution in [0.1, 0.15) is 30.8 Å². The molecule has 0 radical (unpaired) electrons. The number of hydrogen-bond acceptors (Lipinski definition) is 3. The van der Waals surface area contributed by atoms with Gasteiger partial charge >= 0.3 is 0 Å². The monoisotopic (exact) mass is 244 g/mol. The van der Waals surface area contributed by atoms with E-state index in [-0.39, 0.29) is 17.7 Å². The highest BCUT2D eigenvalue weighted by molar-refractivity contribution is 5.97. The van der Waals surface area contributed by atoms with Crippen molar-refractivity contribution in [2.75, 3.05) is 0 Å². The second-order valence-corrected chi connectivity index (χ2v) is 4.18. The first-order valence-electron chi connectivity index (χ1n) is 6.02. The van der Waals surface area contributed by atoms with Gasteiger partial charge in [0.2, 0.25) is 5.76 Å². The Morgan fingerprint density at radius 1 is 1.39 bits per heavy atom. The van der Waals surface area contributed by atoms with Crippen molar-refractivity contribution in [2.45, 2.75) is 26.3 Å². The molecular formula is C14H16N2O2. The summed E-state index contributed by atoms with van der Waals surface area (Å²) >= 11 is 0. The zero-order valence-electron chi connectivity index (χ0n) is 10.5. The number of nitrogens with zero attached hydrogens (tertiary/aromatic N) is 1. The van der Waals surface area contributed by atoms with Crippen LogP contribution in [0, 0.1) is 0 Å². The van der Waals surface area contributed by atoms with Gasteiger partial charge in [0, 0.05) is 11.6 Å². The summed E-state index contributed by atoms with van der Waals surface area (Å²) in [6, 6.07) is 9.64. The lowest BCUT2D eigenvalue weighted by molar-refractivity contribution is 0.0912. The quantitative estimate of drug-likeness (QED) is 0.899. The van der Waals surface area contributed by atoms with Gasteiger partial charge in [-0.05, 0) is 13.3 Å². The molecule has 94 valence electrons. The van der Waals surface area contributed by atoms with E-state index in [4.69, 9.17) is 4.42 Å². The predicted octanol–water partition coefficient (Wildman–Crippen LogP) is 2.87. The first-order chi connectivity index (χ1) is 8.72. The van der Waals surface area contributed by atoms with Gasteiger partial charge in [-0.2, -0.15) is 0 Å². The molecule has 1 heterocycles. The number of oxazole rings is 1. The number of nitrogens with one attached hydrogen (secondary N) is 1. The van der Waals surface area contributed by atoms with Crippen LogP contribution in [0.2, 0.25) is 0 Å². The number of rotatable bonds is 4. The van der Waals surface area contributed by atoms with E-state index in [0.29, 0.717) is 5.69 Å². The summed E-state index contributed by atoms with van der Waals surface area (Å²) in [5.74, 6) is 0.0437. The minimum atomic E-state index is -0.222. The summed E-state index contributed by atoms with van der Waals surface area (Å²) in [6.45, 7) is 3.97. The second kappa shape index (κ2) is 5.49. The number of carbonyl (C=O) groups excluding carboxylic acids is 1. The second-order valence-electron chi connectivity index (χ2n) is 4.18. The van der Waals surface area contributed by atoms with Gasteiger partial charge in [0.1, 0.15) is 5.69 Å². The van der Waals surface area contributed by atoms with Crippen LogP contribution >= 0.6 is 0 Å². The van der Waals surface area contributed by atoms with Gasteiger partial charge in [-0.1, -0.05) is 37.3 Å². The van der Waals surface area contributed by atoms with Crippen LogP contribution in [-0.4, -0.2) is 16.9 Å². The largest absolute Gasteiger partial charge is 0.438 e. The molecule has 4 heteroatoms. The normalized spacial score (nSPS) is 12.1. The molecule has 0 bridgehead atoms. The van der Waals surface area contributed by atoms with Gasteiger partial charge in [0.15, 0.2) is 6.39 Å². The average Bonchev–Trinajstić information content (AvgIpc) is 2.88. The zero-order valence-corrected chi connectivity index (χ0v) is 10.5. The molecule has 18 heavy (non-hydrogen) atoms. The zero-order chi connectivity index (χ0) is 13.0. The maximum Gasteiger partial charge on any atom is 0.289 e. The Hall–Kier alpha value is -2.10. The summed E-state index contributed by atoms with van der Waals surface area (Å²) in [5.41, 5.74) is 1.46. The summed E-state index contributed by atoms with van der Waals surface area (Å²) in [4.78, 5) is 16.1. The van der Waals surface area contributed by atoms with Crippen LogP contribution < -0.4 is 5.32 Å². The van der Waals surface area contributed by atoms with Crippen molar-refractivity contribution in [3.8, 4) is 11.3 Å². The molecule has 2 aromatic rings. The SMILES string of the molecule is CCC(C)NC(=O)c1ocnc1-c1ccccc1. The van der Waals surface area contributed by atoms with Gasteiger partial charge in [0.05, 0.1) is 0 Å². The van der Waals surface area contributed by atoms with E-state index in [1.54, 1.807) is 0 Å². The van der Waals surface area contributed by atoms with E-state index in [1.165, 1.54) is 6.39 Å². The minimum Gasteiger partial charge on any atom is -0.438 e. The first kappa shape index (κ1) is 12.4. The fourth-order valence-electron chi connectivity index (χ4n) is 1.60. The lowest BCUT2D eigenvalue weighted by Crippen LogP contribution is -2.31. The molecule has 1 aromatic heterocycles. The molecule has 1 unspecified atom stereocenters. The molecule has 2 rings (SSSR count). The Morgan fingerprint density at radius 3 is 2.78 bits per heavy atom. The lowest BCUT2D eigenvalue weighted by atomic mass is 10.1. The Morgan fingerprint density at radius 2 is 2.11 bits per heavy atom.